The molecule has 2 amide bonds. The highest BCUT2D eigenvalue weighted by Gasteiger charge is 2.47. The van der Waals surface area contributed by atoms with E-state index in [4.69, 9.17) is 4.74 Å². The van der Waals surface area contributed by atoms with E-state index in [1.54, 1.807) is 13.2 Å². The second kappa shape index (κ2) is 9.32. The van der Waals surface area contributed by atoms with E-state index >= 15 is 0 Å². The fourth-order valence-corrected chi connectivity index (χ4v) is 5.50. The number of likely N-dealkylation sites (tertiary alicyclic amines) is 1. The van der Waals surface area contributed by atoms with Gasteiger partial charge in [-0.25, -0.2) is 4.79 Å². The first-order chi connectivity index (χ1) is 17.0. The van der Waals surface area contributed by atoms with Gasteiger partial charge < -0.3 is 25.0 Å². The highest BCUT2D eigenvalue weighted by Crippen LogP contribution is 2.49. The lowest BCUT2D eigenvalue weighted by Gasteiger charge is -2.44. The summed E-state index contributed by atoms with van der Waals surface area (Å²) in [6.07, 6.45) is 0.809. The second-order valence-corrected chi connectivity index (χ2v) is 9.08. The van der Waals surface area contributed by atoms with Crippen molar-refractivity contribution in [2.24, 2.45) is 5.92 Å². The standard InChI is InChI=1S/C28H28N4O3/c1-31-25-11-6-20(19-5-3-4-18(14-19)16-29)15-24(25)27-23(26(31)17-33)12-13-32(27)28(34)30-21-7-9-22(35-2)10-8-21/h3-11,14-15,23,26-27,33H,12-13,17H2,1-2H3,(H,30,34)/t23-,26+,27-/m1/s1. The van der Waals surface area contributed by atoms with E-state index in [0.29, 0.717) is 17.8 Å². The number of amides is 2. The van der Waals surface area contributed by atoms with Gasteiger partial charge in [0.15, 0.2) is 0 Å². The largest absolute Gasteiger partial charge is 0.497 e. The predicted octanol–water partition coefficient (Wildman–Crippen LogP) is 4.64. The van der Waals surface area contributed by atoms with E-state index in [2.05, 4.69) is 28.4 Å². The highest BCUT2D eigenvalue weighted by molar-refractivity contribution is 5.90. The summed E-state index contributed by atoms with van der Waals surface area (Å²) >= 11 is 0. The molecule has 2 N–H and O–H groups in total. The molecule has 5 rings (SSSR count). The zero-order valence-electron chi connectivity index (χ0n) is 19.8. The quantitative estimate of drug-likeness (QED) is 0.582. The Labute approximate surface area is 205 Å². The number of carbonyl (C=O) groups is 1. The maximum Gasteiger partial charge on any atom is 0.322 e. The van der Waals surface area contributed by atoms with Crippen molar-refractivity contribution >= 4 is 17.4 Å². The number of hydrogen-bond acceptors (Lipinski definition) is 5. The molecular formula is C28H28N4O3. The number of benzene rings is 3. The molecule has 1 saturated heterocycles. The summed E-state index contributed by atoms with van der Waals surface area (Å²) in [5, 5.41) is 22.6. The van der Waals surface area contributed by atoms with Crippen LogP contribution in [0.15, 0.2) is 66.7 Å². The zero-order valence-corrected chi connectivity index (χ0v) is 19.8. The topological polar surface area (TPSA) is 88.8 Å². The van der Waals surface area contributed by atoms with Crippen LogP contribution in [0.2, 0.25) is 0 Å². The Balaban J connectivity index is 1.51. The number of aliphatic hydroxyl groups excluding tert-OH is 1. The summed E-state index contributed by atoms with van der Waals surface area (Å²) in [5.41, 5.74) is 5.34. The van der Waals surface area contributed by atoms with Crippen LogP contribution < -0.4 is 15.0 Å². The number of carbonyl (C=O) groups excluding carboxylic acids is 1. The number of urea groups is 1. The number of rotatable bonds is 4. The van der Waals surface area contributed by atoms with Crippen LogP contribution in [0.3, 0.4) is 0 Å². The minimum absolute atomic E-state index is 0.0248. The fourth-order valence-electron chi connectivity index (χ4n) is 5.50. The van der Waals surface area contributed by atoms with Gasteiger partial charge in [-0.05, 0) is 71.6 Å². The van der Waals surface area contributed by atoms with E-state index in [1.165, 1.54) is 0 Å². The number of fused-ring (bicyclic) bond motifs is 3. The third-order valence-electron chi connectivity index (χ3n) is 7.28. The molecule has 0 saturated carbocycles. The number of anilines is 2. The number of nitrogens with one attached hydrogen (secondary N) is 1. The summed E-state index contributed by atoms with van der Waals surface area (Å²) in [7, 11) is 3.61. The first-order valence-corrected chi connectivity index (χ1v) is 11.7. The van der Waals surface area contributed by atoms with Crippen LogP contribution in [0.4, 0.5) is 16.2 Å². The molecule has 7 nitrogen and oxygen atoms in total. The maximum absolute atomic E-state index is 13.4. The van der Waals surface area contributed by atoms with Crippen molar-refractivity contribution in [3.8, 4) is 22.9 Å². The molecule has 35 heavy (non-hydrogen) atoms. The lowest BCUT2D eigenvalue weighted by Crippen LogP contribution is -2.48. The molecule has 0 bridgehead atoms. The molecule has 3 atom stereocenters. The van der Waals surface area contributed by atoms with Crippen LogP contribution in [0.25, 0.3) is 11.1 Å². The molecule has 2 aliphatic rings. The number of methoxy groups -OCH3 is 1. The zero-order chi connectivity index (χ0) is 24.5. The molecule has 2 heterocycles. The van der Waals surface area contributed by atoms with Crippen LogP contribution in [0.5, 0.6) is 5.75 Å². The second-order valence-electron chi connectivity index (χ2n) is 9.08. The van der Waals surface area contributed by atoms with Crippen molar-refractivity contribution in [3.05, 3.63) is 77.9 Å². The van der Waals surface area contributed by atoms with Gasteiger partial charge >= 0.3 is 6.03 Å². The molecule has 3 aromatic carbocycles. The van der Waals surface area contributed by atoms with Crippen LogP contribution in [-0.4, -0.2) is 49.4 Å². The van der Waals surface area contributed by atoms with Crippen molar-refractivity contribution in [2.75, 3.05) is 37.5 Å². The molecule has 3 aromatic rings. The lowest BCUT2D eigenvalue weighted by atomic mass is 9.81. The van der Waals surface area contributed by atoms with Gasteiger partial charge in [-0.15, -0.1) is 0 Å². The third-order valence-corrected chi connectivity index (χ3v) is 7.28. The molecular weight excluding hydrogens is 440 g/mol. The number of nitrogens with zero attached hydrogens (tertiary/aromatic N) is 3. The maximum atomic E-state index is 13.4. The van der Waals surface area contributed by atoms with Crippen molar-refractivity contribution in [2.45, 2.75) is 18.5 Å². The molecule has 0 aliphatic carbocycles. The molecule has 7 heteroatoms. The summed E-state index contributed by atoms with van der Waals surface area (Å²) in [6.45, 7) is 0.631. The Bertz CT molecular complexity index is 1280. The number of ether oxygens (including phenoxy) is 1. The van der Waals surface area contributed by atoms with Gasteiger partial charge in [-0.3, -0.25) is 0 Å². The molecule has 1 fully saturated rings. The van der Waals surface area contributed by atoms with Crippen molar-refractivity contribution < 1.29 is 14.6 Å². The molecule has 0 aromatic heterocycles. The fraction of sp³-hybridized carbons (Fsp3) is 0.286. The Morgan fingerprint density at radius 3 is 2.63 bits per heavy atom. The van der Waals surface area contributed by atoms with Crippen molar-refractivity contribution in [1.82, 2.24) is 4.90 Å². The Kier molecular flexibility index (Phi) is 6.06. The van der Waals surface area contributed by atoms with Gasteiger partial charge in [0, 0.05) is 30.9 Å². The summed E-state index contributed by atoms with van der Waals surface area (Å²) in [6, 6.07) is 22.9. The van der Waals surface area contributed by atoms with Crippen LogP contribution in [-0.2, 0) is 0 Å². The van der Waals surface area contributed by atoms with Gasteiger partial charge in [-0.1, -0.05) is 18.2 Å². The first kappa shape index (κ1) is 22.8. The van der Waals surface area contributed by atoms with E-state index in [9.17, 15) is 15.2 Å². The summed E-state index contributed by atoms with van der Waals surface area (Å²) in [4.78, 5) is 17.4. The van der Waals surface area contributed by atoms with Gasteiger partial charge in [0.2, 0.25) is 0 Å². The van der Waals surface area contributed by atoms with Gasteiger partial charge in [0.25, 0.3) is 0 Å². The average molecular weight is 469 g/mol. The molecule has 178 valence electrons. The number of hydrogen-bond donors (Lipinski definition) is 2. The smallest absolute Gasteiger partial charge is 0.322 e. The van der Waals surface area contributed by atoms with Crippen LogP contribution in [0.1, 0.15) is 23.6 Å². The van der Waals surface area contributed by atoms with Crippen molar-refractivity contribution in [1.29, 1.82) is 5.26 Å². The monoisotopic (exact) mass is 468 g/mol. The van der Waals surface area contributed by atoms with Crippen LogP contribution in [0, 0.1) is 17.2 Å². The van der Waals surface area contributed by atoms with E-state index in [0.717, 1.165) is 34.5 Å². The van der Waals surface area contributed by atoms with E-state index < -0.39 is 0 Å². The highest BCUT2D eigenvalue weighted by atomic mass is 16.5. The Morgan fingerprint density at radius 1 is 1.14 bits per heavy atom. The summed E-state index contributed by atoms with van der Waals surface area (Å²) in [5.74, 6) is 0.840. The van der Waals surface area contributed by atoms with E-state index in [1.807, 2.05) is 60.5 Å². The number of likely N-dealkylation sites (N-methyl/N-ethyl adjacent to an activating group) is 1. The normalized spacial score (nSPS) is 20.6. The minimum atomic E-state index is -0.160. The molecule has 0 unspecified atom stereocenters. The number of nitriles is 1. The summed E-state index contributed by atoms with van der Waals surface area (Å²) < 4.78 is 5.21. The lowest BCUT2D eigenvalue weighted by molar-refractivity contribution is 0.168. The van der Waals surface area contributed by atoms with Crippen molar-refractivity contribution in [3.63, 3.8) is 0 Å². The third kappa shape index (κ3) is 4.07. The Morgan fingerprint density at radius 2 is 1.91 bits per heavy atom. The van der Waals surface area contributed by atoms with Gasteiger partial charge in [-0.2, -0.15) is 5.26 Å². The van der Waals surface area contributed by atoms with Gasteiger partial charge in [0.05, 0.1) is 37.4 Å². The SMILES string of the molecule is COc1ccc(NC(=O)N2CC[C@H]3[C@@H]2c2cc(-c4cccc(C#N)c4)ccc2N(C)[C@H]3CO)cc1. The van der Waals surface area contributed by atoms with Crippen LogP contribution >= 0.6 is 0 Å². The van der Waals surface area contributed by atoms with E-state index in [-0.39, 0.29) is 30.6 Å². The Hall–Kier alpha value is -4.02. The minimum Gasteiger partial charge on any atom is -0.497 e. The molecule has 0 radical (unpaired) electrons. The molecule has 2 aliphatic heterocycles. The van der Waals surface area contributed by atoms with Gasteiger partial charge in [0.1, 0.15) is 5.75 Å². The molecule has 0 spiro atoms. The number of aliphatic hydroxyl groups is 1. The predicted molar refractivity (Wildman–Crippen MR) is 135 cm³/mol. The average Bonchev–Trinajstić information content (AvgIpc) is 3.34. The first-order valence-electron chi connectivity index (χ1n) is 11.7.